The second kappa shape index (κ2) is 5.34. The van der Waals surface area contributed by atoms with Crippen LogP contribution in [0.15, 0.2) is 18.3 Å². The molecule has 0 aromatic carbocycles. The summed E-state index contributed by atoms with van der Waals surface area (Å²) in [5, 5.41) is 12.0. The molecular formula is C11H16N2O2. The first-order valence-corrected chi connectivity index (χ1v) is 5.09. The van der Waals surface area contributed by atoms with E-state index in [9.17, 15) is 4.79 Å². The maximum atomic E-state index is 10.7. The van der Waals surface area contributed by atoms with E-state index in [1.54, 1.807) is 12.1 Å². The average Bonchev–Trinajstić information content (AvgIpc) is 2.18. The van der Waals surface area contributed by atoms with Gasteiger partial charge in [0.15, 0.2) is 0 Å². The fourth-order valence-corrected chi connectivity index (χ4v) is 1.43. The van der Waals surface area contributed by atoms with Crippen molar-refractivity contribution < 1.29 is 9.90 Å². The number of rotatable bonds is 5. The molecule has 82 valence electrons. The highest BCUT2D eigenvalue weighted by molar-refractivity contribution is 5.86. The molecule has 1 aromatic rings. The van der Waals surface area contributed by atoms with Crippen molar-refractivity contribution in [1.29, 1.82) is 0 Å². The van der Waals surface area contributed by atoms with Crippen molar-refractivity contribution in [3.8, 4) is 0 Å². The number of carboxylic acids is 1. The number of hydrogen-bond donors (Lipinski definition) is 2. The number of anilines is 1. The van der Waals surface area contributed by atoms with Gasteiger partial charge in [-0.05, 0) is 25.5 Å². The van der Waals surface area contributed by atoms with Gasteiger partial charge in [0, 0.05) is 17.9 Å². The topological polar surface area (TPSA) is 62.2 Å². The Labute approximate surface area is 89.3 Å². The number of nitrogens with one attached hydrogen (secondary N) is 1. The molecule has 0 bridgehead atoms. The van der Waals surface area contributed by atoms with Gasteiger partial charge in [-0.1, -0.05) is 13.3 Å². The first-order chi connectivity index (χ1) is 7.13. The molecule has 0 saturated heterocycles. The van der Waals surface area contributed by atoms with Crippen molar-refractivity contribution in [2.24, 2.45) is 0 Å². The normalized spacial score (nSPS) is 12.1. The quantitative estimate of drug-likeness (QED) is 0.779. The number of carbonyl (C=O) groups is 1. The summed E-state index contributed by atoms with van der Waals surface area (Å²) in [4.78, 5) is 14.4. The third kappa shape index (κ3) is 3.58. The van der Waals surface area contributed by atoms with Crippen LogP contribution in [0.4, 0.5) is 5.69 Å². The van der Waals surface area contributed by atoms with Gasteiger partial charge in [-0.2, -0.15) is 0 Å². The lowest BCUT2D eigenvalue weighted by Crippen LogP contribution is -2.15. The fraction of sp³-hybridized carbons (Fsp3) is 0.455. The molecule has 0 aliphatic rings. The zero-order chi connectivity index (χ0) is 11.3. The lowest BCUT2D eigenvalue weighted by atomic mass is 10.2. The summed E-state index contributed by atoms with van der Waals surface area (Å²) in [6, 6.07) is 3.67. The van der Waals surface area contributed by atoms with E-state index in [-0.39, 0.29) is 5.69 Å². The lowest BCUT2D eigenvalue weighted by Gasteiger charge is -2.14. The van der Waals surface area contributed by atoms with Gasteiger partial charge >= 0.3 is 5.97 Å². The Morgan fingerprint density at radius 3 is 3.00 bits per heavy atom. The molecule has 0 aliphatic heterocycles. The van der Waals surface area contributed by atoms with E-state index >= 15 is 0 Å². The van der Waals surface area contributed by atoms with Gasteiger partial charge in [0.2, 0.25) is 0 Å². The predicted molar refractivity (Wildman–Crippen MR) is 59.2 cm³/mol. The Kier molecular flexibility index (Phi) is 4.09. The Morgan fingerprint density at radius 2 is 2.40 bits per heavy atom. The maximum Gasteiger partial charge on any atom is 0.354 e. The molecule has 1 unspecified atom stereocenters. The largest absolute Gasteiger partial charge is 0.477 e. The minimum Gasteiger partial charge on any atom is -0.477 e. The molecule has 15 heavy (non-hydrogen) atoms. The number of aromatic carboxylic acids is 1. The summed E-state index contributed by atoms with van der Waals surface area (Å²) in [6.07, 6.45) is 3.67. The van der Waals surface area contributed by atoms with Crippen molar-refractivity contribution in [2.75, 3.05) is 5.32 Å². The minimum atomic E-state index is -0.998. The molecule has 4 nitrogen and oxygen atoms in total. The van der Waals surface area contributed by atoms with E-state index < -0.39 is 5.97 Å². The average molecular weight is 208 g/mol. The first kappa shape index (κ1) is 11.5. The van der Waals surface area contributed by atoms with Gasteiger partial charge in [0.05, 0.1) is 0 Å². The Balaban J connectivity index is 2.69. The SMILES string of the molecule is CCCC(C)Nc1ccnc(C(=O)O)c1. The zero-order valence-electron chi connectivity index (χ0n) is 9.03. The van der Waals surface area contributed by atoms with Gasteiger partial charge in [0.25, 0.3) is 0 Å². The molecule has 0 radical (unpaired) electrons. The van der Waals surface area contributed by atoms with Crippen molar-refractivity contribution in [2.45, 2.75) is 32.7 Å². The van der Waals surface area contributed by atoms with Crippen molar-refractivity contribution in [3.05, 3.63) is 24.0 Å². The second-order valence-corrected chi connectivity index (χ2v) is 3.57. The van der Waals surface area contributed by atoms with E-state index in [0.29, 0.717) is 6.04 Å². The second-order valence-electron chi connectivity index (χ2n) is 3.57. The van der Waals surface area contributed by atoms with Gasteiger partial charge < -0.3 is 10.4 Å². The number of nitrogens with zero attached hydrogens (tertiary/aromatic N) is 1. The summed E-state index contributed by atoms with van der Waals surface area (Å²) in [6.45, 7) is 4.19. The van der Waals surface area contributed by atoms with Crippen LogP contribution in [0.3, 0.4) is 0 Å². The summed E-state index contributed by atoms with van der Waals surface area (Å²) in [7, 11) is 0. The van der Waals surface area contributed by atoms with Gasteiger partial charge in [-0.3, -0.25) is 0 Å². The smallest absolute Gasteiger partial charge is 0.354 e. The molecule has 0 saturated carbocycles. The standard InChI is InChI=1S/C11H16N2O2/c1-3-4-8(2)13-9-5-6-12-10(7-9)11(14)15/h5-8H,3-4H2,1-2H3,(H,12,13)(H,14,15). The van der Waals surface area contributed by atoms with Crippen LogP contribution in [-0.2, 0) is 0 Å². The molecule has 0 spiro atoms. The van der Waals surface area contributed by atoms with Crippen LogP contribution in [0.2, 0.25) is 0 Å². The highest BCUT2D eigenvalue weighted by Gasteiger charge is 2.06. The van der Waals surface area contributed by atoms with Crippen LogP contribution < -0.4 is 5.32 Å². The van der Waals surface area contributed by atoms with E-state index in [4.69, 9.17) is 5.11 Å². The van der Waals surface area contributed by atoms with Crippen molar-refractivity contribution >= 4 is 11.7 Å². The highest BCUT2D eigenvalue weighted by atomic mass is 16.4. The van der Waals surface area contributed by atoms with Gasteiger partial charge in [-0.15, -0.1) is 0 Å². The van der Waals surface area contributed by atoms with Crippen LogP contribution in [0.25, 0.3) is 0 Å². The van der Waals surface area contributed by atoms with Crippen LogP contribution in [0.5, 0.6) is 0 Å². The molecular weight excluding hydrogens is 192 g/mol. The molecule has 1 atom stereocenters. The third-order valence-electron chi connectivity index (χ3n) is 2.11. The van der Waals surface area contributed by atoms with E-state index in [1.165, 1.54) is 6.20 Å². The highest BCUT2D eigenvalue weighted by Crippen LogP contribution is 2.11. The molecule has 4 heteroatoms. The molecule has 1 heterocycles. The molecule has 2 N–H and O–H groups in total. The van der Waals surface area contributed by atoms with Gasteiger partial charge in [0.1, 0.15) is 5.69 Å². The molecule has 1 aromatic heterocycles. The monoisotopic (exact) mass is 208 g/mol. The minimum absolute atomic E-state index is 0.0729. The van der Waals surface area contributed by atoms with Crippen molar-refractivity contribution in [3.63, 3.8) is 0 Å². The number of carboxylic acid groups (broad SMARTS) is 1. The zero-order valence-corrected chi connectivity index (χ0v) is 9.03. The predicted octanol–water partition coefficient (Wildman–Crippen LogP) is 2.38. The molecule has 0 aliphatic carbocycles. The van der Waals surface area contributed by atoms with Crippen LogP contribution in [-0.4, -0.2) is 22.1 Å². The Hall–Kier alpha value is -1.58. The summed E-state index contributed by atoms with van der Waals surface area (Å²) >= 11 is 0. The van der Waals surface area contributed by atoms with Crippen LogP contribution in [0.1, 0.15) is 37.2 Å². The molecule has 0 amide bonds. The van der Waals surface area contributed by atoms with Crippen LogP contribution in [0, 0.1) is 0 Å². The maximum absolute atomic E-state index is 10.7. The Morgan fingerprint density at radius 1 is 1.67 bits per heavy atom. The van der Waals surface area contributed by atoms with Gasteiger partial charge in [-0.25, -0.2) is 9.78 Å². The Bertz CT molecular complexity index is 339. The number of aromatic nitrogens is 1. The molecule has 0 fully saturated rings. The lowest BCUT2D eigenvalue weighted by molar-refractivity contribution is 0.0690. The van der Waals surface area contributed by atoms with Crippen LogP contribution >= 0.6 is 0 Å². The fourth-order valence-electron chi connectivity index (χ4n) is 1.43. The summed E-state index contributed by atoms with van der Waals surface area (Å²) in [5.74, 6) is -0.998. The number of hydrogen-bond acceptors (Lipinski definition) is 3. The van der Waals surface area contributed by atoms with E-state index in [1.807, 2.05) is 0 Å². The summed E-state index contributed by atoms with van der Waals surface area (Å²) < 4.78 is 0. The number of pyridine rings is 1. The third-order valence-corrected chi connectivity index (χ3v) is 2.11. The van der Waals surface area contributed by atoms with Crippen molar-refractivity contribution in [1.82, 2.24) is 4.98 Å². The van der Waals surface area contributed by atoms with E-state index in [0.717, 1.165) is 18.5 Å². The summed E-state index contributed by atoms with van der Waals surface area (Å²) in [5.41, 5.74) is 0.882. The molecule has 1 rings (SSSR count). The van der Waals surface area contributed by atoms with E-state index in [2.05, 4.69) is 24.1 Å². The first-order valence-electron chi connectivity index (χ1n) is 5.09.